The normalized spacial score (nSPS) is 15.3. The van der Waals surface area contributed by atoms with Gasteiger partial charge in [0.2, 0.25) is 11.8 Å². The van der Waals surface area contributed by atoms with Gasteiger partial charge in [-0.05, 0) is 25.1 Å². The first-order valence-electron chi connectivity index (χ1n) is 9.59. The molecule has 0 saturated carbocycles. The molecule has 2 aromatic rings. The van der Waals surface area contributed by atoms with E-state index in [9.17, 15) is 27.2 Å². The Kier molecular flexibility index (Phi) is 6.40. The lowest BCUT2D eigenvalue weighted by Gasteiger charge is -2.29. The van der Waals surface area contributed by atoms with Gasteiger partial charge in [-0.1, -0.05) is 30.3 Å². The summed E-state index contributed by atoms with van der Waals surface area (Å²) in [5.41, 5.74) is 0.265. The molecule has 0 aromatic heterocycles. The molecule has 164 valence electrons. The number of carbonyl (C=O) groups is 3. The minimum atomic E-state index is -4.05. The summed E-state index contributed by atoms with van der Waals surface area (Å²) in [7, 11) is -2.64. The van der Waals surface area contributed by atoms with Gasteiger partial charge in [-0.2, -0.15) is 0 Å². The Hall–Kier alpha value is -3.27. The van der Waals surface area contributed by atoms with E-state index in [2.05, 4.69) is 5.32 Å². The van der Waals surface area contributed by atoms with Crippen LogP contribution in [-0.4, -0.2) is 55.0 Å². The number of nitrogens with zero attached hydrogens (tertiary/aromatic N) is 2. The van der Waals surface area contributed by atoms with E-state index in [1.54, 1.807) is 12.1 Å². The fourth-order valence-electron chi connectivity index (χ4n) is 3.39. The van der Waals surface area contributed by atoms with Gasteiger partial charge in [0.25, 0.3) is 15.9 Å². The van der Waals surface area contributed by atoms with Crippen molar-refractivity contribution >= 4 is 27.7 Å². The van der Waals surface area contributed by atoms with Crippen LogP contribution in [0.25, 0.3) is 0 Å². The van der Waals surface area contributed by atoms with Crippen LogP contribution in [0.1, 0.15) is 29.3 Å². The molecule has 10 heteroatoms. The number of carbonyl (C=O) groups excluding carboxylic acids is 3. The van der Waals surface area contributed by atoms with Crippen LogP contribution in [0.15, 0.2) is 53.4 Å². The van der Waals surface area contributed by atoms with E-state index < -0.39 is 39.6 Å². The van der Waals surface area contributed by atoms with E-state index >= 15 is 0 Å². The third-order valence-electron chi connectivity index (χ3n) is 5.15. The van der Waals surface area contributed by atoms with Crippen molar-refractivity contribution in [1.82, 2.24) is 14.5 Å². The Morgan fingerprint density at radius 2 is 1.77 bits per heavy atom. The van der Waals surface area contributed by atoms with Gasteiger partial charge in [0, 0.05) is 32.1 Å². The van der Waals surface area contributed by atoms with Crippen molar-refractivity contribution in [2.24, 2.45) is 0 Å². The highest BCUT2D eigenvalue weighted by Gasteiger charge is 2.41. The molecule has 31 heavy (non-hydrogen) atoms. The number of hydrogen-bond acceptors (Lipinski definition) is 5. The zero-order valence-electron chi connectivity index (χ0n) is 17.0. The molecule has 3 rings (SSSR count). The molecule has 8 nitrogen and oxygen atoms in total. The molecule has 2 aromatic carbocycles. The molecule has 0 spiro atoms. The first kappa shape index (κ1) is 22.4. The largest absolute Gasteiger partial charge is 0.357 e. The molecule has 3 amide bonds. The second-order valence-electron chi connectivity index (χ2n) is 7.03. The van der Waals surface area contributed by atoms with Crippen molar-refractivity contribution in [2.45, 2.75) is 30.8 Å². The van der Waals surface area contributed by atoms with Gasteiger partial charge in [0.1, 0.15) is 16.8 Å². The summed E-state index contributed by atoms with van der Waals surface area (Å²) in [6, 6.07) is 10.7. The van der Waals surface area contributed by atoms with Crippen molar-refractivity contribution in [1.29, 1.82) is 0 Å². The average Bonchev–Trinajstić information content (AvgIpc) is 2.96. The molecule has 1 unspecified atom stereocenters. The summed E-state index contributed by atoms with van der Waals surface area (Å²) >= 11 is 0. The number of sulfonamides is 1. The van der Waals surface area contributed by atoms with E-state index in [0.29, 0.717) is 4.31 Å². The number of likely N-dealkylation sites (N-methyl/N-ethyl adjacent to an activating group) is 1. The van der Waals surface area contributed by atoms with Crippen molar-refractivity contribution in [3.05, 3.63) is 65.5 Å². The molecular weight excluding hydrogens is 425 g/mol. The van der Waals surface area contributed by atoms with E-state index in [-0.39, 0.29) is 35.5 Å². The number of benzene rings is 2. The SMILES string of the molecule is CNC(=O)C(C)N(Cc1ccccc1F)C(=O)CCN1C(=O)c2ccccc2S1(=O)=O. The molecule has 1 aliphatic rings. The zero-order valence-corrected chi connectivity index (χ0v) is 17.9. The molecule has 0 saturated heterocycles. The number of hydrogen-bond donors (Lipinski definition) is 1. The van der Waals surface area contributed by atoms with E-state index in [1.165, 1.54) is 50.4 Å². The monoisotopic (exact) mass is 447 g/mol. The summed E-state index contributed by atoms with van der Waals surface area (Å²) in [4.78, 5) is 38.7. The van der Waals surface area contributed by atoms with Crippen molar-refractivity contribution in [3.63, 3.8) is 0 Å². The maximum absolute atomic E-state index is 14.1. The van der Waals surface area contributed by atoms with Crippen LogP contribution in [0.3, 0.4) is 0 Å². The lowest BCUT2D eigenvalue weighted by molar-refractivity contribution is -0.140. The third kappa shape index (κ3) is 4.29. The Morgan fingerprint density at radius 1 is 1.13 bits per heavy atom. The molecule has 1 N–H and O–H groups in total. The van der Waals surface area contributed by atoms with Crippen molar-refractivity contribution in [2.75, 3.05) is 13.6 Å². The summed E-state index contributed by atoms with van der Waals surface area (Å²) < 4.78 is 40.1. The maximum atomic E-state index is 14.1. The van der Waals surface area contributed by atoms with E-state index in [4.69, 9.17) is 0 Å². The average molecular weight is 447 g/mol. The summed E-state index contributed by atoms with van der Waals surface area (Å²) in [6.07, 6.45) is -0.352. The second-order valence-corrected chi connectivity index (χ2v) is 8.86. The van der Waals surface area contributed by atoms with Crippen LogP contribution < -0.4 is 5.32 Å². The predicted molar refractivity (Wildman–Crippen MR) is 110 cm³/mol. The fraction of sp³-hybridized carbons (Fsp3) is 0.286. The molecule has 1 aliphatic heterocycles. The number of halogens is 1. The molecular formula is C21H22FN3O5S. The van der Waals surface area contributed by atoms with Gasteiger partial charge in [0.05, 0.1) is 5.56 Å². The lowest BCUT2D eigenvalue weighted by atomic mass is 10.1. The second kappa shape index (κ2) is 8.84. The number of fused-ring (bicyclic) bond motifs is 1. The molecule has 0 bridgehead atoms. The maximum Gasteiger partial charge on any atom is 0.269 e. The molecule has 1 heterocycles. The Labute approximate surface area is 179 Å². The van der Waals surface area contributed by atoms with Crippen LogP contribution in [0.2, 0.25) is 0 Å². The Bertz CT molecular complexity index is 1140. The zero-order chi connectivity index (χ0) is 22.8. The fourth-order valence-corrected chi connectivity index (χ4v) is 4.96. The molecule has 1 atom stereocenters. The first-order valence-corrected chi connectivity index (χ1v) is 11.0. The molecule has 0 aliphatic carbocycles. The Morgan fingerprint density at radius 3 is 2.42 bits per heavy atom. The van der Waals surface area contributed by atoms with Crippen LogP contribution in [0.4, 0.5) is 4.39 Å². The topological polar surface area (TPSA) is 104 Å². The van der Waals surface area contributed by atoms with Crippen LogP contribution in [0.5, 0.6) is 0 Å². The minimum absolute atomic E-state index is 0.0527. The molecule has 0 radical (unpaired) electrons. The van der Waals surface area contributed by atoms with Gasteiger partial charge in [-0.3, -0.25) is 14.4 Å². The lowest BCUT2D eigenvalue weighted by Crippen LogP contribution is -2.47. The third-order valence-corrected chi connectivity index (χ3v) is 6.99. The number of amides is 3. The van der Waals surface area contributed by atoms with Crippen LogP contribution >= 0.6 is 0 Å². The minimum Gasteiger partial charge on any atom is -0.357 e. The highest BCUT2D eigenvalue weighted by molar-refractivity contribution is 7.90. The Balaban J connectivity index is 1.80. The number of nitrogens with one attached hydrogen (secondary N) is 1. The smallest absolute Gasteiger partial charge is 0.269 e. The highest BCUT2D eigenvalue weighted by atomic mass is 32.2. The summed E-state index contributed by atoms with van der Waals surface area (Å²) in [6.45, 7) is 0.926. The highest BCUT2D eigenvalue weighted by Crippen LogP contribution is 2.30. The summed E-state index contributed by atoms with van der Waals surface area (Å²) in [5, 5.41) is 2.44. The van der Waals surface area contributed by atoms with E-state index in [1.807, 2.05) is 0 Å². The van der Waals surface area contributed by atoms with Gasteiger partial charge in [-0.15, -0.1) is 0 Å². The van der Waals surface area contributed by atoms with Gasteiger partial charge in [-0.25, -0.2) is 17.1 Å². The molecule has 0 fully saturated rings. The standard InChI is InChI=1S/C21H22FN3O5S/c1-14(20(27)23-2)24(13-15-7-3-5-9-17(15)22)19(26)11-12-25-21(28)16-8-4-6-10-18(16)31(25,29)30/h3-10,14H,11-13H2,1-2H3,(H,23,27). The van der Waals surface area contributed by atoms with Gasteiger partial charge in [0.15, 0.2) is 0 Å². The van der Waals surface area contributed by atoms with Crippen molar-refractivity contribution in [3.8, 4) is 0 Å². The predicted octanol–water partition coefficient (Wildman–Crippen LogP) is 1.52. The van der Waals surface area contributed by atoms with Crippen molar-refractivity contribution < 1.29 is 27.2 Å². The van der Waals surface area contributed by atoms with E-state index in [0.717, 1.165) is 4.90 Å². The summed E-state index contributed by atoms with van der Waals surface area (Å²) in [5.74, 6) is -2.28. The number of rotatable bonds is 7. The quantitative estimate of drug-likeness (QED) is 0.693. The van der Waals surface area contributed by atoms with Gasteiger partial charge >= 0.3 is 0 Å². The first-order chi connectivity index (χ1) is 14.7. The van der Waals surface area contributed by atoms with Crippen LogP contribution in [0, 0.1) is 5.82 Å². The van der Waals surface area contributed by atoms with Gasteiger partial charge < -0.3 is 10.2 Å². The van der Waals surface area contributed by atoms with Crippen LogP contribution in [-0.2, 0) is 26.2 Å².